The molecule has 0 aromatic heterocycles. The Morgan fingerprint density at radius 1 is 0.872 bits per heavy atom. The van der Waals surface area contributed by atoms with Crippen molar-refractivity contribution in [2.45, 2.75) is 64.4 Å². The van der Waals surface area contributed by atoms with Crippen LogP contribution in [0.3, 0.4) is 0 Å². The van der Waals surface area contributed by atoms with Crippen LogP contribution in [-0.2, 0) is 26.2 Å². The molecule has 39 heavy (non-hydrogen) atoms. The van der Waals surface area contributed by atoms with Crippen molar-refractivity contribution in [3.05, 3.63) is 95.6 Å². The Bertz CT molecular complexity index is 1340. The molecule has 0 radical (unpaired) electrons. The predicted molar refractivity (Wildman–Crippen MR) is 156 cm³/mol. The maximum Gasteiger partial charge on any atom is 0.264 e. The summed E-state index contributed by atoms with van der Waals surface area (Å²) in [4.78, 5) is 28.9. The van der Waals surface area contributed by atoms with Gasteiger partial charge in [0.1, 0.15) is 12.6 Å². The number of amides is 2. The number of carbonyl (C=O) groups is 2. The third-order valence-corrected chi connectivity index (χ3v) is 8.37. The Balaban J connectivity index is 2.02. The van der Waals surface area contributed by atoms with E-state index in [0.29, 0.717) is 18.7 Å². The molecule has 3 rings (SSSR count). The van der Waals surface area contributed by atoms with Crippen molar-refractivity contribution >= 4 is 27.5 Å². The maximum atomic E-state index is 14.0. The number of unbranched alkanes of at least 4 members (excludes halogenated alkanes) is 1. The summed E-state index contributed by atoms with van der Waals surface area (Å²) in [6.45, 7) is 8.06. The molecule has 0 aliphatic rings. The number of sulfonamides is 1. The van der Waals surface area contributed by atoms with E-state index < -0.39 is 28.5 Å². The zero-order chi connectivity index (χ0) is 28.4. The van der Waals surface area contributed by atoms with Gasteiger partial charge in [-0.2, -0.15) is 0 Å². The lowest BCUT2D eigenvalue weighted by molar-refractivity contribution is -0.140. The zero-order valence-electron chi connectivity index (χ0n) is 23.3. The first-order valence-corrected chi connectivity index (χ1v) is 14.9. The summed E-state index contributed by atoms with van der Waals surface area (Å²) in [5.41, 5.74) is 3.26. The van der Waals surface area contributed by atoms with E-state index in [4.69, 9.17) is 0 Å². The molecular weight excluding hydrogens is 510 g/mol. The van der Waals surface area contributed by atoms with Crippen molar-refractivity contribution in [1.82, 2.24) is 10.2 Å². The minimum absolute atomic E-state index is 0.0907. The van der Waals surface area contributed by atoms with E-state index in [-0.39, 0.29) is 17.3 Å². The molecule has 0 fully saturated rings. The van der Waals surface area contributed by atoms with E-state index in [1.807, 2.05) is 64.1 Å². The topological polar surface area (TPSA) is 86.8 Å². The average molecular weight is 550 g/mol. The summed E-state index contributed by atoms with van der Waals surface area (Å²) in [6, 6.07) is 22.1. The van der Waals surface area contributed by atoms with Crippen molar-refractivity contribution in [2.75, 3.05) is 17.4 Å². The summed E-state index contributed by atoms with van der Waals surface area (Å²) in [5.74, 6) is -0.686. The molecule has 1 N–H and O–H groups in total. The fourth-order valence-electron chi connectivity index (χ4n) is 4.39. The van der Waals surface area contributed by atoms with Crippen LogP contribution in [0.1, 0.15) is 49.8 Å². The van der Waals surface area contributed by atoms with Crippen LogP contribution in [0.2, 0.25) is 0 Å². The summed E-state index contributed by atoms with van der Waals surface area (Å²) >= 11 is 0. The summed E-state index contributed by atoms with van der Waals surface area (Å²) < 4.78 is 28.7. The SMILES string of the molecule is CCCCNC(=O)[C@@H](CC)N(Cc1cccc(C)c1)C(=O)CN(c1ccc(C)cc1)S(=O)(=O)c1ccccc1. The lowest BCUT2D eigenvalue weighted by Gasteiger charge is -2.33. The molecule has 3 aromatic rings. The second-order valence-electron chi connectivity index (χ2n) is 9.74. The molecule has 8 heteroatoms. The number of hydrogen-bond donors (Lipinski definition) is 1. The van der Waals surface area contributed by atoms with Gasteiger partial charge in [0.2, 0.25) is 11.8 Å². The highest BCUT2D eigenvalue weighted by Crippen LogP contribution is 2.25. The van der Waals surface area contributed by atoms with E-state index >= 15 is 0 Å². The Hall–Kier alpha value is -3.65. The molecule has 0 heterocycles. The fraction of sp³-hybridized carbons (Fsp3) is 0.355. The predicted octanol–water partition coefficient (Wildman–Crippen LogP) is 5.22. The monoisotopic (exact) mass is 549 g/mol. The van der Waals surface area contributed by atoms with Crippen molar-refractivity contribution in [1.29, 1.82) is 0 Å². The zero-order valence-corrected chi connectivity index (χ0v) is 24.1. The number of rotatable bonds is 13. The summed E-state index contributed by atoms with van der Waals surface area (Å²) in [6.07, 6.45) is 2.17. The van der Waals surface area contributed by atoms with E-state index in [0.717, 1.165) is 33.8 Å². The van der Waals surface area contributed by atoms with E-state index in [1.54, 1.807) is 30.3 Å². The van der Waals surface area contributed by atoms with Crippen LogP contribution in [-0.4, -0.2) is 44.3 Å². The number of nitrogens with zero attached hydrogens (tertiary/aromatic N) is 2. The number of aryl methyl sites for hydroxylation is 2. The summed E-state index contributed by atoms with van der Waals surface area (Å²) in [5, 5.41) is 2.95. The van der Waals surface area contributed by atoms with Crippen molar-refractivity contribution in [3.8, 4) is 0 Å². The van der Waals surface area contributed by atoms with Gasteiger partial charge in [-0.3, -0.25) is 13.9 Å². The van der Waals surface area contributed by atoms with Crippen LogP contribution in [0.25, 0.3) is 0 Å². The molecule has 0 bridgehead atoms. The molecule has 0 saturated carbocycles. The number of nitrogens with one attached hydrogen (secondary N) is 1. The molecule has 208 valence electrons. The van der Waals surface area contributed by atoms with Crippen LogP contribution in [0, 0.1) is 13.8 Å². The minimum Gasteiger partial charge on any atom is -0.354 e. The van der Waals surface area contributed by atoms with Crippen LogP contribution in [0.5, 0.6) is 0 Å². The van der Waals surface area contributed by atoms with E-state index in [1.165, 1.54) is 17.0 Å². The van der Waals surface area contributed by atoms with Crippen LogP contribution in [0.4, 0.5) is 5.69 Å². The highest BCUT2D eigenvalue weighted by Gasteiger charge is 2.33. The number of carbonyl (C=O) groups excluding carboxylic acids is 2. The third kappa shape index (κ3) is 7.93. The minimum atomic E-state index is -4.06. The highest BCUT2D eigenvalue weighted by atomic mass is 32.2. The Labute approximate surface area is 232 Å². The van der Waals surface area contributed by atoms with Gasteiger partial charge in [-0.25, -0.2) is 8.42 Å². The maximum absolute atomic E-state index is 14.0. The molecule has 0 aliphatic carbocycles. The quantitative estimate of drug-likeness (QED) is 0.296. The molecule has 0 spiro atoms. The Morgan fingerprint density at radius 2 is 1.56 bits per heavy atom. The number of benzene rings is 3. The molecular formula is C31H39N3O4S. The second-order valence-corrected chi connectivity index (χ2v) is 11.6. The lowest BCUT2D eigenvalue weighted by Crippen LogP contribution is -2.52. The van der Waals surface area contributed by atoms with Crippen molar-refractivity contribution in [3.63, 3.8) is 0 Å². The van der Waals surface area contributed by atoms with Gasteiger partial charge in [0.15, 0.2) is 0 Å². The Morgan fingerprint density at radius 3 is 2.18 bits per heavy atom. The molecule has 0 aliphatic heterocycles. The van der Waals surface area contributed by atoms with Gasteiger partial charge < -0.3 is 10.2 Å². The first-order chi connectivity index (χ1) is 18.7. The molecule has 1 atom stereocenters. The van der Waals surface area contributed by atoms with Gasteiger partial charge in [-0.05, 0) is 56.5 Å². The van der Waals surface area contributed by atoms with Crippen molar-refractivity contribution in [2.24, 2.45) is 0 Å². The average Bonchev–Trinajstić information content (AvgIpc) is 2.92. The van der Waals surface area contributed by atoms with E-state index in [9.17, 15) is 18.0 Å². The standard InChI is InChI=1S/C31H39N3O4S/c1-5-7-20-32-31(36)29(6-2)33(22-26-13-11-12-25(4)21-26)30(35)23-34(27-18-16-24(3)17-19-27)39(37,38)28-14-9-8-10-15-28/h8-19,21,29H,5-7,20,22-23H2,1-4H3,(H,32,36)/t29-/m1/s1. The smallest absolute Gasteiger partial charge is 0.264 e. The van der Waals surface area contributed by atoms with Gasteiger partial charge in [0, 0.05) is 13.1 Å². The van der Waals surface area contributed by atoms with Crippen LogP contribution < -0.4 is 9.62 Å². The van der Waals surface area contributed by atoms with Gasteiger partial charge >= 0.3 is 0 Å². The van der Waals surface area contributed by atoms with Gasteiger partial charge in [0.05, 0.1) is 10.6 Å². The molecule has 0 unspecified atom stereocenters. The number of anilines is 1. The highest BCUT2D eigenvalue weighted by molar-refractivity contribution is 7.92. The molecule has 2 amide bonds. The molecule has 0 saturated heterocycles. The Kier molecular flexibility index (Phi) is 10.7. The first-order valence-electron chi connectivity index (χ1n) is 13.4. The number of hydrogen-bond acceptors (Lipinski definition) is 4. The fourth-order valence-corrected chi connectivity index (χ4v) is 5.83. The molecule has 3 aromatic carbocycles. The second kappa shape index (κ2) is 13.9. The van der Waals surface area contributed by atoms with Crippen LogP contribution >= 0.6 is 0 Å². The lowest BCUT2D eigenvalue weighted by atomic mass is 10.1. The normalized spacial score (nSPS) is 12.0. The van der Waals surface area contributed by atoms with Gasteiger partial charge in [-0.1, -0.05) is 86.0 Å². The van der Waals surface area contributed by atoms with Gasteiger partial charge in [-0.15, -0.1) is 0 Å². The van der Waals surface area contributed by atoms with Crippen molar-refractivity contribution < 1.29 is 18.0 Å². The largest absolute Gasteiger partial charge is 0.354 e. The van der Waals surface area contributed by atoms with Gasteiger partial charge in [0.25, 0.3) is 10.0 Å². The first kappa shape index (κ1) is 29.9. The van der Waals surface area contributed by atoms with Crippen LogP contribution in [0.15, 0.2) is 83.8 Å². The molecule has 7 nitrogen and oxygen atoms in total. The third-order valence-electron chi connectivity index (χ3n) is 6.58. The van der Waals surface area contributed by atoms with E-state index in [2.05, 4.69) is 5.32 Å². The summed E-state index contributed by atoms with van der Waals surface area (Å²) in [7, 11) is -4.06.